The topological polar surface area (TPSA) is 51.6 Å². The summed E-state index contributed by atoms with van der Waals surface area (Å²) in [6, 6.07) is 67.9. The van der Waals surface area contributed by atoms with Gasteiger partial charge >= 0.3 is 0 Å². The summed E-state index contributed by atoms with van der Waals surface area (Å²) >= 11 is 6.78. The lowest BCUT2D eigenvalue weighted by atomic mass is 9.89. The molecule has 0 aliphatic heterocycles. The molecule has 260 valence electrons. The molecule has 55 heavy (non-hydrogen) atoms. The molecule has 0 N–H and O–H groups in total. The predicted octanol–water partition coefficient (Wildman–Crippen LogP) is 13.3. The first-order valence-corrected chi connectivity index (χ1v) is 18.5. The molecule has 7 aromatic carbocycles. The summed E-state index contributed by atoms with van der Waals surface area (Å²) < 4.78 is 0. The Bertz CT molecular complexity index is 2640. The molecule has 9 rings (SSSR count). The molecule has 9 aromatic rings. The molecule has 4 nitrogen and oxygen atoms in total. The number of nitrogens with zero attached hydrogens (tertiary/aromatic N) is 4. The third kappa shape index (κ3) is 7.19. The van der Waals surface area contributed by atoms with Crippen LogP contribution in [0.3, 0.4) is 0 Å². The lowest BCUT2D eigenvalue weighted by Crippen LogP contribution is -1.97. The first kappa shape index (κ1) is 33.8. The maximum absolute atomic E-state index is 6.78. The van der Waals surface area contributed by atoms with Gasteiger partial charge in [0.25, 0.3) is 0 Å². The molecule has 0 radical (unpaired) electrons. The zero-order valence-electron chi connectivity index (χ0n) is 29.7. The number of aromatic nitrogens is 4. The SMILES string of the molecule is Clc1ccc(-c2ccccc2-c2cc(-c3ccccc3)nc(-c3ccccc3)n2)c(-c2cccc(-c3cc(-c4ccccc4)nc(-c4ccccc4)n3)c2)c1. The van der Waals surface area contributed by atoms with Gasteiger partial charge in [-0.25, -0.2) is 19.9 Å². The van der Waals surface area contributed by atoms with E-state index < -0.39 is 0 Å². The van der Waals surface area contributed by atoms with Crippen molar-refractivity contribution in [1.29, 1.82) is 0 Å². The van der Waals surface area contributed by atoms with E-state index >= 15 is 0 Å². The zero-order valence-corrected chi connectivity index (χ0v) is 30.5. The minimum Gasteiger partial charge on any atom is -0.228 e. The average molecular weight is 725 g/mol. The average Bonchev–Trinajstić information content (AvgIpc) is 3.27. The van der Waals surface area contributed by atoms with Gasteiger partial charge in [0.15, 0.2) is 11.6 Å². The molecule has 0 aliphatic rings. The van der Waals surface area contributed by atoms with Crippen LogP contribution in [0.5, 0.6) is 0 Å². The summed E-state index contributed by atoms with van der Waals surface area (Å²) in [4.78, 5) is 20.3. The van der Waals surface area contributed by atoms with Crippen molar-refractivity contribution in [2.75, 3.05) is 0 Å². The van der Waals surface area contributed by atoms with Crippen LogP contribution in [0, 0.1) is 0 Å². The van der Waals surface area contributed by atoms with Crippen molar-refractivity contribution in [3.63, 3.8) is 0 Å². The molecular weight excluding hydrogens is 692 g/mol. The van der Waals surface area contributed by atoms with Gasteiger partial charge in [-0.15, -0.1) is 0 Å². The maximum atomic E-state index is 6.78. The van der Waals surface area contributed by atoms with Gasteiger partial charge in [0, 0.05) is 38.4 Å². The van der Waals surface area contributed by atoms with Gasteiger partial charge in [-0.3, -0.25) is 0 Å². The van der Waals surface area contributed by atoms with Crippen LogP contribution in [0.1, 0.15) is 0 Å². The second-order valence-corrected chi connectivity index (χ2v) is 13.6. The molecule has 0 spiro atoms. The van der Waals surface area contributed by atoms with Crippen molar-refractivity contribution in [2.24, 2.45) is 0 Å². The minimum atomic E-state index is 0.654. The van der Waals surface area contributed by atoms with Gasteiger partial charge in [-0.1, -0.05) is 181 Å². The van der Waals surface area contributed by atoms with Crippen LogP contribution in [-0.4, -0.2) is 19.9 Å². The second-order valence-electron chi connectivity index (χ2n) is 13.2. The van der Waals surface area contributed by atoms with Gasteiger partial charge in [0.2, 0.25) is 0 Å². The van der Waals surface area contributed by atoms with E-state index in [0.717, 1.165) is 78.4 Å². The van der Waals surface area contributed by atoms with E-state index in [9.17, 15) is 0 Å². The quantitative estimate of drug-likeness (QED) is 0.157. The molecule has 0 saturated heterocycles. The molecule has 2 aromatic heterocycles. The van der Waals surface area contributed by atoms with Crippen LogP contribution in [0.2, 0.25) is 5.02 Å². The van der Waals surface area contributed by atoms with Gasteiger partial charge in [0.05, 0.1) is 22.8 Å². The largest absolute Gasteiger partial charge is 0.228 e. The van der Waals surface area contributed by atoms with Gasteiger partial charge in [-0.2, -0.15) is 0 Å². The summed E-state index contributed by atoms with van der Waals surface area (Å²) in [5.41, 5.74) is 13.4. The molecular formula is C50H33ClN4. The molecule has 0 aliphatic carbocycles. The Labute approximate surface area is 325 Å². The minimum absolute atomic E-state index is 0.654. The van der Waals surface area contributed by atoms with Crippen molar-refractivity contribution < 1.29 is 0 Å². The zero-order chi connectivity index (χ0) is 37.0. The van der Waals surface area contributed by atoms with E-state index in [-0.39, 0.29) is 0 Å². The molecule has 5 heteroatoms. The van der Waals surface area contributed by atoms with E-state index in [1.54, 1.807) is 0 Å². The summed E-state index contributed by atoms with van der Waals surface area (Å²) in [5, 5.41) is 0.654. The highest BCUT2D eigenvalue weighted by molar-refractivity contribution is 6.31. The van der Waals surface area contributed by atoms with Crippen LogP contribution in [0.4, 0.5) is 0 Å². The number of rotatable bonds is 8. The highest BCUT2D eigenvalue weighted by atomic mass is 35.5. The number of hydrogen-bond acceptors (Lipinski definition) is 4. The molecule has 0 saturated carbocycles. The van der Waals surface area contributed by atoms with E-state index in [0.29, 0.717) is 16.7 Å². The molecule has 0 unspecified atom stereocenters. The second kappa shape index (κ2) is 15.2. The maximum Gasteiger partial charge on any atom is 0.160 e. The van der Waals surface area contributed by atoms with Crippen molar-refractivity contribution in [3.05, 3.63) is 205 Å². The van der Waals surface area contributed by atoms with E-state index in [2.05, 4.69) is 91.0 Å². The standard InChI is InChI=1S/C50H33ClN4/c51-40-28-29-42(41-26-13-14-27-43(41)48-33-46(35-18-7-2-8-19-35)53-50(55-48)37-22-11-4-12-23-37)44(31-40)38-24-15-25-39(30-38)47-32-45(34-16-5-1-6-17-34)52-49(54-47)36-20-9-3-10-21-36/h1-33H. The normalized spacial score (nSPS) is 11.0. The fourth-order valence-corrected chi connectivity index (χ4v) is 7.08. The van der Waals surface area contributed by atoms with Gasteiger partial charge in [-0.05, 0) is 52.6 Å². The highest BCUT2D eigenvalue weighted by Crippen LogP contribution is 2.41. The van der Waals surface area contributed by atoms with Gasteiger partial charge < -0.3 is 0 Å². The summed E-state index contributed by atoms with van der Waals surface area (Å²) in [6.45, 7) is 0. The molecule has 0 atom stereocenters. The van der Waals surface area contributed by atoms with Crippen LogP contribution < -0.4 is 0 Å². The van der Waals surface area contributed by atoms with Crippen molar-refractivity contribution in [1.82, 2.24) is 19.9 Å². The Kier molecular flexibility index (Phi) is 9.31. The fourth-order valence-electron chi connectivity index (χ4n) is 6.90. The Morgan fingerprint density at radius 3 is 1.22 bits per heavy atom. The monoisotopic (exact) mass is 724 g/mol. The van der Waals surface area contributed by atoms with Crippen LogP contribution in [0.15, 0.2) is 200 Å². The summed E-state index contributed by atoms with van der Waals surface area (Å²) in [5.74, 6) is 1.35. The molecule has 0 fully saturated rings. The number of hydrogen-bond donors (Lipinski definition) is 0. The van der Waals surface area contributed by atoms with Crippen molar-refractivity contribution in [2.45, 2.75) is 0 Å². The Morgan fingerprint density at radius 2 is 0.655 bits per heavy atom. The highest BCUT2D eigenvalue weighted by Gasteiger charge is 2.18. The smallest absolute Gasteiger partial charge is 0.160 e. The fraction of sp³-hybridized carbons (Fsp3) is 0. The Balaban J connectivity index is 1.18. The number of halogens is 1. The third-order valence-electron chi connectivity index (χ3n) is 9.60. The van der Waals surface area contributed by atoms with Crippen LogP contribution >= 0.6 is 11.6 Å². The van der Waals surface area contributed by atoms with Crippen molar-refractivity contribution in [3.8, 4) is 90.1 Å². The van der Waals surface area contributed by atoms with E-state index in [4.69, 9.17) is 31.5 Å². The third-order valence-corrected chi connectivity index (χ3v) is 9.83. The lowest BCUT2D eigenvalue weighted by molar-refractivity contribution is 1.18. The molecule has 0 amide bonds. The first-order valence-electron chi connectivity index (χ1n) is 18.2. The van der Waals surface area contributed by atoms with Crippen molar-refractivity contribution >= 4 is 11.6 Å². The van der Waals surface area contributed by atoms with E-state index in [1.807, 2.05) is 109 Å². The van der Waals surface area contributed by atoms with Gasteiger partial charge in [0.1, 0.15) is 0 Å². The predicted molar refractivity (Wildman–Crippen MR) is 226 cm³/mol. The number of benzene rings is 7. The molecule has 2 heterocycles. The molecule has 0 bridgehead atoms. The summed E-state index contributed by atoms with van der Waals surface area (Å²) in [7, 11) is 0. The van der Waals surface area contributed by atoms with Crippen LogP contribution in [-0.2, 0) is 0 Å². The Morgan fingerprint density at radius 1 is 0.255 bits per heavy atom. The summed E-state index contributed by atoms with van der Waals surface area (Å²) in [6.07, 6.45) is 0. The lowest BCUT2D eigenvalue weighted by Gasteiger charge is -2.17. The first-order chi connectivity index (χ1) is 27.2. The van der Waals surface area contributed by atoms with Crippen LogP contribution in [0.25, 0.3) is 90.1 Å². The Hall–Kier alpha value is -7.01. The van der Waals surface area contributed by atoms with E-state index in [1.165, 1.54) is 0 Å².